The third-order valence-electron chi connectivity index (χ3n) is 5.69. The highest BCUT2D eigenvalue weighted by molar-refractivity contribution is 7.71. The monoisotopic (exact) mass is 498 g/mol. The number of carbonyl (C=O) groups is 1. The van der Waals surface area contributed by atoms with Crippen LogP contribution in [0, 0.1) is 0 Å². The maximum Gasteiger partial charge on any atom is 0.335 e. The molecular weight excluding hydrogens is 456 g/mol. The average Bonchev–Trinajstić information content (AvgIpc) is 2.83. The summed E-state index contributed by atoms with van der Waals surface area (Å²) in [6.45, 7) is 1.86. The smallest absolute Gasteiger partial charge is 0.335 e. The number of hydrogen-bond donors (Lipinski definition) is 0. The van der Waals surface area contributed by atoms with Crippen molar-refractivity contribution in [2.75, 3.05) is 26.9 Å². The van der Waals surface area contributed by atoms with Crippen molar-refractivity contribution in [1.82, 2.24) is 0 Å². The van der Waals surface area contributed by atoms with Crippen LogP contribution in [-0.2, 0) is 46.9 Å². The van der Waals surface area contributed by atoms with E-state index < -0.39 is 22.4 Å². The van der Waals surface area contributed by atoms with Crippen molar-refractivity contribution in [3.63, 3.8) is 0 Å². The Hall–Kier alpha value is -1.74. The van der Waals surface area contributed by atoms with Crippen LogP contribution >= 0.6 is 0 Å². The molecule has 1 aromatic rings. The molecule has 194 valence electrons. The fourth-order valence-electron chi connectivity index (χ4n) is 3.86. The summed E-state index contributed by atoms with van der Waals surface area (Å²) in [5, 5.41) is 1.20. The van der Waals surface area contributed by atoms with Gasteiger partial charge in [0, 0.05) is 31.6 Å². The summed E-state index contributed by atoms with van der Waals surface area (Å²) in [6, 6.07) is 8.12. The number of benzene rings is 1. The number of esters is 1. The first-order valence-electron chi connectivity index (χ1n) is 12.0. The van der Waals surface area contributed by atoms with Crippen LogP contribution in [-0.4, -0.2) is 59.1 Å². The van der Waals surface area contributed by atoms with Crippen LogP contribution in [0.2, 0.25) is 0 Å². The minimum Gasteiger partial charge on any atom is -0.467 e. The first-order chi connectivity index (χ1) is 16.1. The molecule has 1 aromatic carbocycles. The Bertz CT molecular complexity index is 808. The molecule has 2 rings (SSSR count). The van der Waals surface area contributed by atoms with Gasteiger partial charge in [0.2, 0.25) is 10.3 Å². The molecule has 1 fully saturated rings. The molecule has 1 heterocycles. The zero-order chi connectivity index (χ0) is 23.7. The first-order valence-corrected chi connectivity index (χ1v) is 13.1. The summed E-state index contributed by atoms with van der Waals surface area (Å²) < 4.78 is 43.2. The van der Waals surface area contributed by atoms with E-state index in [1.54, 1.807) is 0 Å². The number of unbranched alkanes of at least 4 members (excludes halogenated alkanes) is 4. The summed E-state index contributed by atoms with van der Waals surface area (Å²) in [5.74, 6) is -0.414. The van der Waals surface area contributed by atoms with Crippen molar-refractivity contribution in [2.24, 2.45) is 0 Å². The van der Waals surface area contributed by atoms with Gasteiger partial charge in [-0.1, -0.05) is 44.5 Å². The van der Waals surface area contributed by atoms with Crippen molar-refractivity contribution in [3.8, 4) is 0 Å². The lowest BCUT2D eigenvalue weighted by atomic mass is 9.97. The number of rotatable bonds is 16. The average molecular weight is 499 g/mol. The van der Waals surface area contributed by atoms with E-state index >= 15 is 0 Å². The van der Waals surface area contributed by atoms with Gasteiger partial charge in [-0.3, -0.25) is 0 Å². The molecule has 2 unspecified atom stereocenters. The molecule has 7 nitrogen and oxygen atoms in total. The second kappa shape index (κ2) is 18.6. The molecule has 0 N–H and O–H groups in total. The predicted octanol–water partition coefficient (Wildman–Crippen LogP) is 4.53. The fourth-order valence-corrected chi connectivity index (χ4v) is 4.22. The van der Waals surface area contributed by atoms with Crippen LogP contribution < -0.4 is 0 Å². The summed E-state index contributed by atoms with van der Waals surface area (Å²) in [5.41, 5.74) is 2.30. The van der Waals surface area contributed by atoms with Crippen LogP contribution in [0.3, 0.4) is 0 Å². The molecule has 0 spiro atoms. The number of hydrogen-bond acceptors (Lipinski definition) is 7. The van der Waals surface area contributed by atoms with Crippen molar-refractivity contribution in [1.29, 1.82) is 0 Å². The van der Waals surface area contributed by atoms with Crippen molar-refractivity contribution >= 4 is 21.6 Å². The highest BCUT2D eigenvalue weighted by Crippen LogP contribution is 2.18. The molecule has 0 aliphatic carbocycles. The SMILES string of the molecule is C.COC(=O)C(Cc1ccccc1CCCCCCOC1CCCCO1)OCCCC=S(=O)=O. The van der Waals surface area contributed by atoms with Gasteiger partial charge in [0.05, 0.1) is 7.11 Å². The Balaban J connectivity index is 0.00000578. The van der Waals surface area contributed by atoms with Gasteiger partial charge in [0.1, 0.15) is 0 Å². The number of methoxy groups -OCH3 is 1. The molecule has 1 aliphatic heterocycles. The minimum atomic E-state index is -2.17. The molecule has 8 heteroatoms. The topological polar surface area (TPSA) is 88.1 Å². The van der Waals surface area contributed by atoms with Gasteiger partial charge in [-0.2, -0.15) is 8.42 Å². The molecule has 0 bridgehead atoms. The van der Waals surface area contributed by atoms with Gasteiger partial charge in [0.15, 0.2) is 12.4 Å². The predicted molar refractivity (Wildman–Crippen MR) is 135 cm³/mol. The lowest BCUT2D eigenvalue weighted by Crippen LogP contribution is -2.29. The van der Waals surface area contributed by atoms with Gasteiger partial charge in [-0.25, -0.2) is 4.79 Å². The Labute approximate surface area is 206 Å². The molecular formula is C26H42O7S. The summed E-state index contributed by atoms with van der Waals surface area (Å²) in [7, 11) is -0.817. The summed E-state index contributed by atoms with van der Waals surface area (Å²) in [6.07, 6.45) is 9.28. The van der Waals surface area contributed by atoms with E-state index in [2.05, 4.69) is 6.07 Å². The van der Waals surface area contributed by atoms with Gasteiger partial charge >= 0.3 is 5.97 Å². The molecule has 2 atom stereocenters. The Morgan fingerprint density at radius 1 is 1.09 bits per heavy atom. The number of aryl methyl sites for hydroxylation is 1. The van der Waals surface area contributed by atoms with E-state index in [1.807, 2.05) is 18.2 Å². The van der Waals surface area contributed by atoms with Gasteiger partial charge in [0.25, 0.3) is 0 Å². The van der Waals surface area contributed by atoms with E-state index in [-0.39, 0.29) is 13.7 Å². The molecule has 0 saturated carbocycles. The van der Waals surface area contributed by atoms with Gasteiger partial charge < -0.3 is 18.9 Å². The Kier molecular flexibility index (Phi) is 16.5. The molecule has 0 amide bonds. The highest BCUT2D eigenvalue weighted by atomic mass is 32.2. The van der Waals surface area contributed by atoms with E-state index in [4.69, 9.17) is 18.9 Å². The third kappa shape index (κ3) is 12.6. The minimum absolute atomic E-state index is 0. The number of ether oxygens (including phenoxy) is 4. The number of carbonyl (C=O) groups excluding carboxylic acids is 1. The zero-order valence-corrected chi connectivity index (χ0v) is 20.5. The molecule has 1 saturated heterocycles. The lowest BCUT2D eigenvalue weighted by molar-refractivity contribution is -0.162. The molecule has 0 aromatic heterocycles. The quantitative estimate of drug-likeness (QED) is 0.188. The van der Waals surface area contributed by atoms with Crippen molar-refractivity contribution in [2.45, 2.75) is 90.4 Å². The van der Waals surface area contributed by atoms with E-state index in [1.165, 1.54) is 24.5 Å². The van der Waals surface area contributed by atoms with Crippen LogP contribution in [0.15, 0.2) is 24.3 Å². The largest absolute Gasteiger partial charge is 0.467 e. The Morgan fingerprint density at radius 3 is 2.56 bits per heavy atom. The second-order valence-corrected chi connectivity index (χ2v) is 9.11. The zero-order valence-electron chi connectivity index (χ0n) is 19.7. The normalized spacial score (nSPS) is 16.3. The first kappa shape index (κ1) is 30.3. The second-order valence-electron chi connectivity index (χ2n) is 8.26. The van der Waals surface area contributed by atoms with Crippen molar-refractivity contribution < 1.29 is 32.2 Å². The van der Waals surface area contributed by atoms with Crippen LogP contribution in [0.4, 0.5) is 0 Å². The van der Waals surface area contributed by atoms with Crippen LogP contribution in [0.1, 0.15) is 76.3 Å². The van der Waals surface area contributed by atoms with Gasteiger partial charge in [-0.05, 0) is 62.5 Å². The lowest BCUT2D eigenvalue weighted by Gasteiger charge is -2.22. The highest BCUT2D eigenvalue weighted by Gasteiger charge is 2.21. The summed E-state index contributed by atoms with van der Waals surface area (Å²) >= 11 is 0. The van der Waals surface area contributed by atoms with Crippen LogP contribution in [0.5, 0.6) is 0 Å². The third-order valence-corrected chi connectivity index (χ3v) is 6.20. The molecule has 1 aliphatic rings. The van der Waals surface area contributed by atoms with Gasteiger partial charge in [-0.15, -0.1) is 0 Å². The molecule has 34 heavy (non-hydrogen) atoms. The maximum absolute atomic E-state index is 12.2. The molecule has 0 radical (unpaired) electrons. The summed E-state index contributed by atoms with van der Waals surface area (Å²) in [4.78, 5) is 12.2. The Morgan fingerprint density at radius 2 is 1.85 bits per heavy atom. The fraction of sp³-hybridized carbons (Fsp3) is 0.692. The van der Waals surface area contributed by atoms with E-state index in [0.29, 0.717) is 25.9 Å². The standard InChI is InChI=1S/C25H38O7S.CH4/c1-29-25(26)23(30-16-10-11-19-33(27)28)20-22-14-6-5-13-21(22)12-4-2-3-8-17-31-24-15-7-9-18-32-24;/h5-6,13-14,19,23-24H,2-4,7-12,15-18,20H2,1H3;1H4. The van der Waals surface area contributed by atoms with Crippen LogP contribution in [0.25, 0.3) is 0 Å². The van der Waals surface area contributed by atoms with E-state index in [0.717, 1.165) is 63.7 Å². The maximum atomic E-state index is 12.2. The van der Waals surface area contributed by atoms with Crippen molar-refractivity contribution in [3.05, 3.63) is 35.4 Å². The van der Waals surface area contributed by atoms with E-state index in [9.17, 15) is 13.2 Å².